The van der Waals surface area contributed by atoms with Crippen molar-refractivity contribution in [1.82, 2.24) is 9.62 Å². The first-order valence-corrected chi connectivity index (χ1v) is 12.8. The molecule has 1 aliphatic heterocycles. The Bertz CT molecular complexity index is 1000. The van der Waals surface area contributed by atoms with Gasteiger partial charge in [-0.2, -0.15) is 4.31 Å². The molecule has 0 bridgehead atoms. The van der Waals surface area contributed by atoms with Gasteiger partial charge < -0.3 is 10.6 Å². The number of nitrogens with zero attached hydrogens (tertiary/aromatic N) is 1. The van der Waals surface area contributed by atoms with Gasteiger partial charge in [0.05, 0.1) is 5.92 Å². The van der Waals surface area contributed by atoms with Crippen molar-refractivity contribution in [3.63, 3.8) is 0 Å². The van der Waals surface area contributed by atoms with Crippen LogP contribution in [-0.4, -0.2) is 37.6 Å². The van der Waals surface area contributed by atoms with Gasteiger partial charge in [-0.25, -0.2) is 8.42 Å². The zero-order valence-electron chi connectivity index (χ0n) is 17.8. The lowest BCUT2D eigenvalue weighted by Crippen LogP contribution is -2.45. The van der Waals surface area contributed by atoms with E-state index < -0.39 is 10.0 Å². The van der Waals surface area contributed by atoms with Crippen LogP contribution in [0.5, 0.6) is 0 Å². The SMILES string of the molecule is CC(C)CC(=O)Nc1cccc(CNC(=O)C2CCCN(S(=O)(=O)c3cccs3)C2)c1. The number of amides is 2. The summed E-state index contributed by atoms with van der Waals surface area (Å²) < 4.78 is 27.2. The third-order valence-corrected chi connectivity index (χ3v) is 8.35. The highest BCUT2D eigenvalue weighted by molar-refractivity contribution is 7.91. The third-order valence-electron chi connectivity index (χ3n) is 5.12. The van der Waals surface area contributed by atoms with E-state index in [-0.39, 0.29) is 30.2 Å². The molecule has 0 aliphatic carbocycles. The number of benzene rings is 1. The number of piperidine rings is 1. The molecule has 9 heteroatoms. The lowest BCUT2D eigenvalue weighted by molar-refractivity contribution is -0.126. The van der Waals surface area contributed by atoms with Gasteiger partial charge in [0.15, 0.2) is 0 Å². The fraction of sp³-hybridized carbons (Fsp3) is 0.455. The van der Waals surface area contributed by atoms with Crippen molar-refractivity contribution in [1.29, 1.82) is 0 Å². The van der Waals surface area contributed by atoms with Gasteiger partial charge in [0, 0.05) is 31.7 Å². The van der Waals surface area contributed by atoms with Crippen molar-refractivity contribution >= 4 is 38.9 Å². The van der Waals surface area contributed by atoms with E-state index in [1.165, 1.54) is 15.6 Å². The molecule has 2 aromatic rings. The lowest BCUT2D eigenvalue weighted by Gasteiger charge is -2.30. The maximum Gasteiger partial charge on any atom is 0.252 e. The Balaban J connectivity index is 1.56. The molecule has 2 heterocycles. The van der Waals surface area contributed by atoms with Crippen molar-refractivity contribution in [3.05, 3.63) is 47.3 Å². The molecule has 1 aromatic carbocycles. The summed E-state index contributed by atoms with van der Waals surface area (Å²) in [5.41, 5.74) is 1.57. The van der Waals surface area contributed by atoms with E-state index in [1.54, 1.807) is 17.5 Å². The summed E-state index contributed by atoms with van der Waals surface area (Å²) in [5, 5.41) is 7.53. The molecule has 1 aliphatic rings. The quantitative estimate of drug-likeness (QED) is 0.627. The van der Waals surface area contributed by atoms with Crippen molar-refractivity contribution in [2.75, 3.05) is 18.4 Å². The number of carbonyl (C=O) groups excluding carboxylic acids is 2. The summed E-state index contributed by atoms with van der Waals surface area (Å²) in [6, 6.07) is 10.7. The molecule has 3 rings (SSSR count). The van der Waals surface area contributed by atoms with Gasteiger partial charge in [-0.3, -0.25) is 9.59 Å². The maximum absolute atomic E-state index is 12.8. The normalized spacial score (nSPS) is 17.5. The van der Waals surface area contributed by atoms with E-state index in [4.69, 9.17) is 0 Å². The maximum atomic E-state index is 12.8. The summed E-state index contributed by atoms with van der Waals surface area (Å²) in [6.45, 7) is 4.92. The molecular formula is C22H29N3O4S2. The number of carbonyl (C=O) groups is 2. The second-order valence-corrected chi connectivity index (χ2v) is 11.3. The van der Waals surface area contributed by atoms with Gasteiger partial charge in [0.2, 0.25) is 11.8 Å². The number of thiophene rings is 1. The van der Waals surface area contributed by atoms with E-state index in [0.29, 0.717) is 42.2 Å². The van der Waals surface area contributed by atoms with Gasteiger partial charge in [0.1, 0.15) is 4.21 Å². The van der Waals surface area contributed by atoms with Crippen LogP contribution in [0.3, 0.4) is 0 Å². The summed E-state index contributed by atoms with van der Waals surface area (Å²) >= 11 is 1.19. The lowest BCUT2D eigenvalue weighted by atomic mass is 9.98. The van der Waals surface area contributed by atoms with Crippen molar-refractivity contribution in [2.24, 2.45) is 11.8 Å². The van der Waals surface area contributed by atoms with Gasteiger partial charge in [0.25, 0.3) is 10.0 Å². The molecule has 31 heavy (non-hydrogen) atoms. The molecule has 0 radical (unpaired) electrons. The van der Waals surface area contributed by atoms with Crippen LogP contribution in [0, 0.1) is 11.8 Å². The van der Waals surface area contributed by atoms with Gasteiger partial charge >= 0.3 is 0 Å². The first-order valence-electron chi connectivity index (χ1n) is 10.5. The Hall–Kier alpha value is -2.23. The first-order chi connectivity index (χ1) is 14.8. The minimum atomic E-state index is -3.55. The number of nitrogens with one attached hydrogen (secondary N) is 2. The highest BCUT2D eigenvalue weighted by Gasteiger charge is 2.33. The average molecular weight is 464 g/mol. The molecular weight excluding hydrogens is 434 g/mol. The number of hydrogen-bond acceptors (Lipinski definition) is 5. The molecule has 168 valence electrons. The van der Waals surface area contributed by atoms with Crippen LogP contribution in [-0.2, 0) is 26.2 Å². The van der Waals surface area contributed by atoms with Crippen LogP contribution in [0.25, 0.3) is 0 Å². The van der Waals surface area contributed by atoms with Crippen LogP contribution in [0.4, 0.5) is 5.69 Å². The monoisotopic (exact) mass is 463 g/mol. The highest BCUT2D eigenvalue weighted by Crippen LogP contribution is 2.26. The number of anilines is 1. The summed E-state index contributed by atoms with van der Waals surface area (Å²) in [5.74, 6) is -0.288. The van der Waals surface area contributed by atoms with Crippen LogP contribution >= 0.6 is 11.3 Å². The minimum absolute atomic E-state index is 0.0366. The highest BCUT2D eigenvalue weighted by atomic mass is 32.2. The molecule has 0 spiro atoms. The van der Waals surface area contributed by atoms with E-state index in [9.17, 15) is 18.0 Å². The van der Waals surface area contributed by atoms with E-state index in [2.05, 4.69) is 10.6 Å². The topological polar surface area (TPSA) is 95.6 Å². The smallest absolute Gasteiger partial charge is 0.252 e. The first kappa shape index (κ1) is 23.4. The number of sulfonamides is 1. The fourth-order valence-electron chi connectivity index (χ4n) is 3.59. The average Bonchev–Trinajstić information content (AvgIpc) is 3.27. The zero-order chi connectivity index (χ0) is 22.4. The van der Waals surface area contributed by atoms with E-state index in [1.807, 2.05) is 38.1 Å². The van der Waals surface area contributed by atoms with E-state index in [0.717, 1.165) is 5.56 Å². The standard InChI is InChI=1S/C22H29N3O4S2/c1-16(2)12-20(26)24-19-8-3-6-17(13-19)14-23-22(27)18-7-4-10-25(15-18)31(28,29)21-9-5-11-30-21/h3,5-6,8-9,11,13,16,18H,4,7,10,12,14-15H2,1-2H3,(H,23,27)(H,24,26). The largest absolute Gasteiger partial charge is 0.352 e. The van der Waals surface area contributed by atoms with E-state index >= 15 is 0 Å². The Morgan fingerprint density at radius 2 is 2.03 bits per heavy atom. The number of hydrogen-bond donors (Lipinski definition) is 2. The predicted molar refractivity (Wildman–Crippen MR) is 122 cm³/mol. The fourth-order valence-corrected chi connectivity index (χ4v) is 6.26. The van der Waals surface area contributed by atoms with Crippen molar-refractivity contribution < 1.29 is 18.0 Å². The van der Waals surface area contributed by atoms with Crippen LogP contribution in [0.2, 0.25) is 0 Å². The molecule has 0 saturated carbocycles. The Morgan fingerprint density at radius 1 is 1.23 bits per heavy atom. The molecule has 2 amide bonds. The Labute approximate surface area is 187 Å². The summed E-state index contributed by atoms with van der Waals surface area (Å²) in [6.07, 6.45) is 1.77. The predicted octanol–water partition coefficient (Wildman–Crippen LogP) is 3.45. The van der Waals surface area contributed by atoms with Crippen LogP contribution in [0.15, 0.2) is 46.0 Å². The molecule has 1 unspecified atom stereocenters. The molecule has 1 atom stereocenters. The zero-order valence-corrected chi connectivity index (χ0v) is 19.5. The molecule has 7 nitrogen and oxygen atoms in total. The summed E-state index contributed by atoms with van der Waals surface area (Å²) in [7, 11) is -3.55. The van der Waals surface area contributed by atoms with Gasteiger partial charge in [-0.15, -0.1) is 11.3 Å². The van der Waals surface area contributed by atoms with Gasteiger partial charge in [-0.05, 0) is 47.9 Å². The van der Waals surface area contributed by atoms with Gasteiger partial charge in [-0.1, -0.05) is 32.0 Å². The minimum Gasteiger partial charge on any atom is -0.352 e. The Morgan fingerprint density at radius 3 is 2.74 bits per heavy atom. The second kappa shape index (κ2) is 10.4. The molecule has 1 fully saturated rings. The van der Waals surface area contributed by atoms with Crippen molar-refractivity contribution in [3.8, 4) is 0 Å². The molecule has 1 saturated heterocycles. The van der Waals surface area contributed by atoms with Crippen LogP contribution in [0.1, 0.15) is 38.7 Å². The molecule has 1 aromatic heterocycles. The molecule has 2 N–H and O–H groups in total. The summed E-state index contributed by atoms with van der Waals surface area (Å²) in [4.78, 5) is 24.7. The van der Waals surface area contributed by atoms with Crippen LogP contribution < -0.4 is 10.6 Å². The number of rotatable bonds is 8. The Kier molecular flexibility index (Phi) is 7.85. The van der Waals surface area contributed by atoms with Crippen molar-refractivity contribution in [2.45, 2.75) is 43.9 Å². The second-order valence-electron chi connectivity index (χ2n) is 8.20. The third kappa shape index (κ3) is 6.38.